The number of nitrogens with two attached hydrogens (primary N) is 1. The van der Waals surface area contributed by atoms with Gasteiger partial charge in [0.1, 0.15) is 5.82 Å². The van der Waals surface area contributed by atoms with Crippen molar-refractivity contribution in [3.05, 3.63) is 22.7 Å². The fraction of sp³-hybridized carbons (Fsp3) is 0.600. The molecular formula is C10H14FN3O4. The van der Waals surface area contributed by atoms with Crippen molar-refractivity contribution in [1.29, 1.82) is 0 Å². The van der Waals surface area contributed by atoms with E-state index in [0.717, 1.165) is 4.57 Å². The molecule has 1 aromatic heterocycles. The number of halogens is 1. The summed E-state index contributed by atoms with van der Waals surface area (Å²) in [4.78, 5) is 15.0. The van der Waals surface area contributed by atoms with Crippen molar-refractivity contribution in [3.8, 4) is 0 Å². The summed E-state index contributed by atoms with van der Waals surface area (Å²) in [6, 6.07) is 1.33. The molecule has 1 aromatic rings. The third kappa shape index (κ3) is 2.35. The first kappa shape index (κ1) is 12.9. The molecule has 0 aliphatic carbocycles. The number of hydrogen-bond donors (Lipinski definition) is 3. The Bertz CT molecular complexity index is 480. The van der Waals surface area contributed by atoms with Gasteiger partial charge in [0.05, 0.1) is 18.8 Å². The normalized spacial score (nSPS) is 32.4. The van der Waals surface area contributed by atoms with E-state index in [-0.39, 0.29) is 18.8 Å². The van der Waals surface area contributed by atoms with Gasteiger partial charge in [0.2, 0.25) is 0 Å². The topological polar surface area (TPSA) is 111 Å². The lowest BCUT2D eigenvalue weighted by Gasteiger charge is -2.35. The van der Waals surface area contributed by atoms with Crippen molar-refractivity contribution in [3.63, 3.8) is 0 Å². The van der Waals surface area contributed by atoms with Gasteiger partial charge in [0.15, 0.2) is 12.4 Å². The molecule has 0 amide bonds. The third-order valence-electron chi connectivity index (χ3n) is 2.81. The number of aliphatic hydroxyl groups excluding tert-OH is 2. The van der Waals surface area contributed by atoms with E-state index < -0.39 is 30.3 Å². The number of ether oxygens (including phenoxy) is 1. The van der Waals surface area contributed by atoms with Crippen LogP contribution in [0.2, 0.25) is 0 Å². The van der Waals surface area contributed by atoms with Gasteiger partial charge >= 0.3 is 5.69 Å². The highest BCUT2D eigenvalue weighted by atomic mass is 19.1. The Kier molecular flexibility index (Phi) is 3.60. The largest absolute Gasteiger partial charge is 0.394 e. The zero-order valence-corrected chi connectivity index (χ0v) is 9.44. The lowest BCUT2D eigenvalue weighted by Crippen LogP contribution is -2.47. The summed E-state index contributed by atoms with van der Waals surface area (Å²) in [6.45, 7) is -0.364. The molecule has 0 saturated carbocycles. The molecule has 4 N–H and O–H groups in total. The van der Waals surface area contributed by atoms with Gasteiger partial charge in [0, 0.05) is 12.6 Å². The van der Waals surface area contributed by atoms with Crippen molar-refractivity contribution in [2.45, 2.75) is 31.0 Å². The van der Waals surface area contributed by atoms with Crippen LogP contribution in [0.5, 0.6) is 0 Å². The van der Waals surface area contributed by atoms with E-state index in [4.69, 9.17) is 15.6 Å². The number of alkyl halides is 1. The maximum absolute atomic E-state index is 13.8. The molecule has 18 heavy (non-hydrogen) atoms. The second-order valence-corrected chi connectivity index (χ2v) is 4.12. The Morgan fingerprint density at radius 1 is 1.67 bits per heavy atom. The summed E-state index contributed by atoms with van der Waals surface area (Å²) in [5.74, 6) is 0.0155. The van der Waals surface area contributed by atoms with Gasteiger partial charge < -0.3 is 20.7 Å². The van der Waals surface area contributed by atoms with Crippen LogP contribution in [0.1, 0.15) is 12.6 Å². The molecule has 1 aliphatic heterocycles. The van der Waals surface area contributed by atoms with Crippen LogP contribution in [0.15, 0.2) is 17.1 Å². The number of aromatic nitrogens is 2. The molecule has 1 aliphatic rings. The van der Waals surface area contributed by atoms with Crippen LogP contribution >= 0.6 is 0 Å². The highest BCUT2D eigenvalue weighted by molar-refractivity contribution is 5.23. The molecule has 3 unspecified atom stereocenters. The average Bonchev–Trinajstić information content (AvgIpc) is 2.33. The third-order valence-corrected chi connectivity index (χ3v) is 2.81. The molecule has 0 bridgehead atoms. The maximum atomic E-state index is 13.8. The van der Waals surface area contributed by atoms with Gasteiger partial charge in [-0.3, -0.25) is 4.57 Å². The number of nitrogen functional groups attached to an aromatic ring is 1. The molecule has 1 fully saturated rings. The van der Waals surface area contributed by atoms with Crippen LogP contribution in [0.4, 0.5) is 10.2 Å². The van der Waals surface area contributed by atoms with Crippen LogP contribution in [0, 0.1) is 0 Å². The lowest BCUT2D eigenvalue weighted by atomic mass is 10.0. The van der Waals surface area contributed by atoms with E-state index in [1.54, 1.807) is 0 Å². The van der Waals surface area contributed by atoms with Crippen LogP contribution in [0.3, 0.4) is 0 Å². The fourth-order valence-corrected chi connectivity index (χ4v) is 1.87. The monoisotopic (exact) mass is 259 g/mol. The smallest absolute Gasteiger partial charge is 0.351 e. The summed E-state index contributed by atoms with van der Waals surface area (Å²) in [5, 5.41) is 18.5. The number of nitrogens with zero attached hydrogens (tertiary/aromatic N) is 2. The Morgan fingerprint density at radius 3 is 3.00 bits per heavy atom. The lowest BCUT2D eigenvalue weighted by molar-refractivity contribution is -0.184. The van der Waals surface area contributed by atoms with Gasteiger partial charge in [0.25, 0.3) is 0 Å². The predicted molar refractivity (Wildman–Crippen MR) is 59.4 cm³/mol. The Hall–Kier alpha value is -1.51. The van der Waals surface area contributed by atoms with E-state index in [1.165, 1.54) is 12.3 Å². The van der Waals surface area contributed by atoms with Crippen LogP contribution in [0.25, 0.3) is 0 Å². The van der Waals surface area contributed by atoms with E-state index in [1.807, 2.05) is 0 Å². The molecule has 1 saturated heterocycles. The molecule has 2 heterocycles. The summed E-state index contributed by atoms with van der Waals surface area (Å²) in [7, 11) is 0. The highest BCUT2D eigenvalue weighted by Crippen LogP contribution is 2.29. The van der Waals surface area contributed by atoms with E-state index in [9.17, 15) is 14.3 Å². The molecule has 2 rings (SSSR count). The number of aliphatic hydroxyl groups is 2. The Labute approximate surface area is 102 Å². The minimum absolute atomic E-state index is 0.0155. The Morgan fingerprint density at radius 2 is 2.39 bits per heavy atom. The van der Waals surface area contributed by atoms with Crippen molar-refractivity contribution in [2.75, 3.05) is 12.3 Å². The molecule has 4 atom stereocenters. The van der Waals surface area contributed by atoms with Crippen LogP contribution in [-0.4, -0.2) is 44.8 Å². The first-order valence-electron chi connectivity index (χ1n) is 5.46. The summed E-state index contributed by atoms with van der Waals surface area (Å²) < 4.78 is 20.0. The molecule has 0 spiro atoms. The van der Waals surface area contributed by atoms with Crippen molar-refractivity contribution >= 4 is 5.82 Å². The first-order valence-corrected chi connectivity index (χ1v) is 5.46. The second kappa shape index (κ2) is 5.01. The predicted octanol–water partition coefficient (Wildman–Crippen LogP) is -1.20. The number of rotatable bonds is 2. The zero-order valence-electron chi connectivity index (χ0n) is 9.44. The average molecular weight is 259 g/mol. The summed E-state index contributed by atoms with van der Waals surface area (Å²) in [5.41, 5.74) is 4.55. The zero-order chi connectivity index (χ0) is 13.3. The number of anilines is 1. The molecule has 7 nitrogen and oxygen atoms in total. The van der Waals surface area contributed by atoms with Crippen molar-refractivity contribution in [1.82, 2.24) is 9.55 Å². The van der Waals surface area contributed by atoms with Crippen molar-refractivity contribution in [2.24, 2.45) is 0 Å². The second-order valence-electron chi connectivity index (χ2n) is 4.12. The minimum atomic E-state index is -1.77. The molecule has 0 radical (unpaired) electrons. The molecule has 8 heteroatoms. The molecular weight excluding hydrogens is 245 g/mol. The van der Waals surface area contributed by atoms with E-state index in [2.05, 4.69) is 4.98 Å². The van der Waals surface area contributed by atoms with Gasteiger partial charge in [-0.25, -0.2) is 9.18 Å². The van der Waals surface area contributed by atoms with Crippen LogP contribution in [-0.2, 0) is 4.74 Å². The number of hydrogen-bond acceptors (Lipinski definition) is 6. The molecule has 100 valence electrons. The highest BCUT2D eigenvalue weighted by Gasteiger charge is 2.39. The Balaban J connectivity index is 2.32. The van der Waals surface area contributed by atoms with Crippen molar-refractivity contribution < 1.29 is 19.3 Å². The quantitative estimate of drug-likeness (QED) is 0.615. The van der Waals surface area contributed by atoms with E-state index in [0.29, 0.717) is 0 Å². The standard InChI is InChI=1S/C10H14FN3O4/c11-8-6(16)3-5(4-15)18-9(8)14-2-1-7(12)13-10(14)17/h1-2,5-6,8-9,15-16H,3-4H2,(H2,12,13,17)/t5?,6?,8-,9?/m0/s1. The van der Waals surface area contributed by atoms with Gasteiger partial charge in [-0.15, -0.1) is 0 Å². The fourth-order valence-electron chi connectivity index (χ4n) is 1.87. The maximum Gasteiger partial charge on any atom is 0.351 e. The SMILES string of the molecule is Nc1ccn(C2OC(CO)CC(O)[C@@H]2F)c(=O)n1. The summed E-state index contributed by atoms with van der Waals surface area (Å²) >= 11 is 0. The van der Waals surface area contributed by atoms with E-state index >= 15 is 0 Å². The summed E-state index contributed by atoms with van der Waals surface area (Å²) in [6.07, 6.45) is -3.88. The van der Waals surface area contributed by atoms with Gasteiger partial charge in [-0.2, -0.15) is 4.98 Å². The molecule has 0 aromatic carbocycles. The first-order chi connectivity index (χ1) is 8.52. The minimum Gasteiger partial charge on any atom is -0.394 e. The van der Waals surface area contributed by atoms with Gasteiger partial charge in [-0.1, -0.05) is 0 Å². The van der Waals surface area contributed by atoms with Crippen LogP contribution < -0.4 is 11.4 Å². The van der Waals surface area contributed by atoms with Gasteiger partial charge in [-0.05, 0) is 6.07 Å².